The van der Waals surface area contributed by atoms with Crippen LogP contribution in [-0.4, -0.2) is 63.0 Å². The number of carbonyl (C=O) groups excluding carboxylic acids is 1. The monoisotopic (exact) mass is 437 g/mol. The van der Waals surface area contributed by atoms with Crippen molar-refractivity contribution >= 4 is 45.9 Å². The van der Waals surface area contributed by atoms with Crippen molar-refractivity contribution in [3.8, 4) is 5.88 Å². The maximum Gasteiger partial charge on any atom is 0.246 e. The molecular formula is C21H20ClN7O2. The lowest BCUT2D eigenvalue weighted by Crippen LogP contribution is -2.48. The second kappa shape index (κ2) is 7.66. The Balaban J connectivity index is 1.43. The van der Waals surface area contributed by atoms with Crippen molar-refractivity contribution in [1.29, 1.82) is 0 Å². The minimum atomic E-state index is -0.00901. The van der Waals surface area contributed by atoms with Gasteiger partial charge in [-0.15, -0.1) is 0 Å². The third-order valence-electron chi connectivity index (χ3n) is 5.72. The highest BCUT2D eigenvalue weighted by molar-refractivity contribution is 6.32. The molecule has 3 aromatic heterocycles. The molecule has 0 aliphatic carbocycles. The molecule has 1 amide bonds. The molecule has 0 saturated carbocycles. The lowest BCUT2D eigenvalue weighted by atomic mass is 10.2. The number of carbonyl (C=O) groups is 1. The first-order valence-electron chi connectivity index (χ1n) is 9.85. The van der Waals surface area contributed by atoms with Gasteiger partial charge in [-0.2, -0.15) is 0 Å². The number of nitrogens with one attached hydrogen (secondary N) is 1. The van der Waals surface area contributed by atoms with Crippen molar-refractivity contribution in [2.24, 2.45) is 0 Å². The van der Waals surface area contributed by atoms with Crippen LogP contribution in [0.5, 0.6) is 5.88 Å². The van der Waals surface area contributed by atoms with Gasteiger partial charge in [-0.05, 0) is 30.7 Å². The van der Waals surface area contributed by atoms with Gasteiger partial charge in [0.2, 0.25) is 11.8 Å². The average molecular weight is 438 g/mol. The van der Waals surface area contributed by atoms with Crippen LogP contribution in [0.15, 0.2) is 43.4 Å². The summed E-state index contributed by atoms with van der Waals surface area (Å²) < 4.78 is 5.10. The lowest BCUT2D eigenvalue weighted by molar-refractivity contribution is -0.127. The van der Waals surface area contributed by atoms with Crippen molar-refractivity contribution in [1.82, 2.24) is 24.8 Å². The molecule has 3 aromatic rings. The maximum atomic E-state index is 12.0. The Hall–Kier alpha value is -3.46. The Kier molecular flexibility index (Phi) is 4.82. The zero-order valence-electron chi connectivity index (χ0n) is 16.8. The highest BCUT2D eigenvalue weighted by Gasteiger charge is 2.45. The fourth-order valence-corrected chi connectivity index (χ4v) is 4.54. The molecule has 2 bridgehead atoms. The Labute approximate surface area is 183 Å². The number of pyridine rings is 2. The van der Waals surface area contributed by atoms with E-state index in [1.54, 1.807) is 12.3 Å². The van der Waals surface area contributed by atoms with Crippen LogP contribution < -0.4 is 15.0 Å². The van der Waals surface area contributed by atoms with E-state index in [4.69, 9.17) is 21.3 Å². The molecule has 0 aromatic carbocycles. The van der Waals surface area contributed by atoms with Crippen LogP contribution in [-0.2, 0) is 4.79 Å². The maximum absolute atomic E-state index is 12.0. The number of rotatable bonds is 5. The predicted molar refractivity (Wildman–Crippen MR) is 118 cm³/mol. The van der Waals surface area contributed by atoms with E-state index >= 15 is 0 Å². The lowest BCUT2D eigenvalue weighted by Gasteiger charge is -2.34. The second-order valence-corrected chi connectivity index (χ2v) is 7.90. The van der Waals surface area contributed by atoms with Crippen molar-refractivity contribution in [2.45, 2.75) is 18.5 Å². The minimum absolute atomic E-state index is 0.00901. The molecule has 2 saturated heterocycles. The fourth-order valence-electron chi connectivity index (χ4n) is 4.30. The van der Waals surface area contributed by atoms with Gasteiger partial charge in [0.25, 0.3) is 0 Å². The quantitative estimate of drug-likeness (QED) is 0.609. The number of likely N-dealkylation sites (tertiary alicyclic amines) is 1. The zero-order valence-corrected chi connectivity index (χ0v) is 17.6. The third-order valence-corrected chi connectivity index (χ3v) is 5.99. The topological polar surface area (TPSA) is 96.4 Å². The van der Waals surface area contributed by atoms with E-state index in [1.165, 1.54) is 19.5 Å². The summed E-state index contributed by atoms with van der Waals surface area (Å²) >= 11 is 6.19. The summed E-state index contributed by atoms with van der Waals surface area (Å²) in [6.45, 7) is 5.03. The van der Waals surface area contributed by atoms with Gasteiger partial charge in [-0.1, -0.05) is 18.2 Å². The normalized spacial score (nSPS) is 19.7. The number of amides is 1. The third kappa shape index (κ3) is 3.40. The van der Waals surface area contributed by atoms with Crippen LogP contribution in [0.2, 0.25) is 5.02 Å². The van der Waals surface area contributed by atoms with Gasteiger partial charge < -0.3 is 19.9 Å². The smallest absolute Gasteiger partial charge is 0.246 e. The van der Waals surface area contributed by atoms with E-state index in [0.717, 1.165) is 24.3 Å². The van der Waals surface area contributed by atoms with Gasteiger partial charge >= 0.3 is 0 Å². The van der Waals surface area contributed by atoms with Gasteiger partial charge in [0.1, 0.15) is 22.7 Å². The number of ether oxygens (including phenoxy) is 1. The Morgan fingerprint density at radius 1 is 1.29 bits per heavy atom. The highest BCUT2D eigenvalue weighted by Crippen LogP contribution is 2.35. The fraction of sp³-hybridized carbons (Fsp3) is 0.286. The first-order valence-corrected chi connectivity index (χ1v) is 10.2. The number of methoxy groups -OCH3 is 1. The largest absolute Gasteiger partial charge is 0.480 e. The molecule has 0 unspecified atom stereocenters. The number of piperazine rings is 1. The number of halogens is 1. The molecule has 2 aliphatic rings. The first kappa shape index (κ1) is 19.5. The molecule has 0 radical (unpaired) electrons. The summed E-state index contributed by atoms with van der Waals surface area (Å²) in [6, 6.07) is 6.04. The molecule has 158 valence electrons. The number of anilines is 3. The Bertz CT molecular complexity index is 1190. The number of hydrogen-bond acceptors (Lipinski definition) is 8. The van der Waals surface area contributed by atoms with E-state index < -0.39 is 0 Å². The van der Waals surface area contributed by atoms with Crippen molar-refractivity contribution in [2.75, 3.05) is 30.4 Å². The SMILES string of the molecule is C=CC(=O)N1C[C@@H]2C[C@H]1CN2c1ccc2ncnc(Nc3cnc(OC)c(Cl)c3)c2n1. The number of hydrogen-bond donors (Lipinski definition) is 1. The highest BCUT2D eigenvalue weighted by atomic mass is 35.5. The average Bonchev–Trinajstić information content (AvgIpc) is 3.40. The zero-order chi connectivity index (χ0) is 21.5. The van der Waals surface area contributed by atoms with E-state index in [2.05, 4.69) is 31.7 Å². The Morgan fingerprint density at radius 2 is 2.16 bits per heavy atom. The first-order chi connectivity index (χ1) is 15.1. The van der Waals surface area contributed by atoms with Crippen LogP contribution in [0, 0.1) is 0 Å². The van der Waals surface area contributed by atoms with Gasteiger partial charge in [0, 0.05) is 13.1 Å². The van der Waals surface area contributed by atoms with Crippen LogP contribution in [0.1, 0.15) is 6.42 Å². The predicted octanol–water partition coefficient (Wildman–Crippen LogP) is 2.80. The van der Waals surface area contributed by atoms with Gasteiger partial charge in [-0.3, -0.25) is 4.79 Å². The second-order valence-electron chi connectivity index (χ2n) is 7.49. The van der Waals surface area contributed by atoms with Crippen LogP contribution >= 0.6 is 11.6 Å². The molecule has 0 spiro atoms. The summed E-state index contributed by atoms with van der Waals surface area (Å²) in [5, 5.41) is 3.62. The molecule has 5 heterocycles. The van der Waals surface area contributed by atoms with Gasteiger partial charge in [-0.25, -0.2) is 19.9 Å². The molecule has 2 aliphatic heterocycles. The van der Waals surface area contributed by atoms with E-state index in [9.17, 15) is 4.79 Å². The molecule has 5 rings (SSSR count). The van der Waals surface area contributed by atoms with E-state index in [1.807, 2.05) is 17.0 Å². The van der Waals surface area contributed by atoms with Crippen LogP contribution in [0.3, 0.4) is 0 Å². The number of aromatic nitrogens is 4. The summed E-state index contributed by atoms with van der Waals surface area (Å²) in [5.74, 6) is 1.75. The van der Waals surface area contributed by atoms with Crippen LogP contribution in [0.25, 0.3) is 11.0 Å². The number of nitrogens with zero attached hydrogens (tertiary/aromatic N) is 6. The Morgan fingerprint density at radius 3 is 2.87 bits per heavy atom. The summed E-state index contributed by atoms with van der Waals surface area (Å²) in [7, 11) is 1.52. The number of fused-ring (bicyclic) bond motifs is 3. The van der Waals surface area contributed by atoms with Gasteiger partial charge in [0.05, 0.1) is 36.6 Å². The minimum Gasteiger partial charge on any atom is -0.480 e. The van der Waals surface area contributed by atoms with Crippen molar-refractivity contribution in [3.05, 3.63) is 48.4 Å². The molecule has 9 nitrogen and oxygen atoms in total. The molecule has 2 fully saturated rings. The van der Waals surface area contributed by atoms with Crippen LogP contribution in [0.4, 0.5) is 17.3 Å². The van der Waals surface area contributed by atoms with E-state index in [-0.39, 0.29) is 18.0 Å². The van der Waals surface area contributed by atoms with Gasteiger partial charge in [0.15, 0.2) is 5.82 Å². The molecule has 10 heteroatoms. The van der Waals surface area contributed by atoms with Crippen molar-refractivity contribution < 1.29 is 9.53 Å². The van der Waals surface area contributed by atoms with Crippen molar-refractivity contribution in [3.63, 3.8) is 0 Å². The molecule has 2 atom stereocenters. The molecular weight excluding hydrogens is 418 g/mol. The molecule has 31 heavy (non-hydrogen) atoms. The molecule has 1 N–H and O–H groups in total. The summed E-state index contributed by atoms with van der Waals surface area (Å²) in [5.41, 5.74) is 2.03. The standard InChI is InChI=1S/C21H20ClN7O2/c1-3-18(30)29-10-13-7-14(29)9-28(13)17-5-4-16-19(27-17)20(25-11-24-16)26-12-6-15(22)21(31-2)23-8-12/h3-6,8,11,13-14H,1,7,9-10H2,2H3,(H,24,25,26)/t13-,14-/m0/s1. The summed E-state index contributed by atoms with van der Waals surface area (Å²) in [4.78, 5) is 33.9. The van der Waals surface area contributed by atoms with E-state index in [0.29, 0.717) is 34.5 Å². The summed E-state index contributed by atoms with van der Waals surface area (Å²) in [6.07, 6.45) is 5.43.